The predicted octanol–water partition coefficient (Wildman–Crippen LogP) is 3.63. The van der Waals surface area contributed by atoms with Crippen LogP contribution < -0.4 is 4.72 Å². The largest absolute Gasteiger partial charge is 0.360 e. The number of H-pyrrole nitrogens is 1. The van der Waals surface area contributed by atoms with Crippen molar-refractivity contribution in [2.45, 2.75) is 37.9 Å². The van der Waals surface area contributed by atoms with E-state index >= 15 is 0 Å². The molecule has 1 aromatic heterocycles. The van der Waals surface area contributed by atoms with Crippen LogP contribution in [-0.2, 0) is 23.1 Å². The molecule has 0 aliphatic heterocycles. The van der Waals surface area contributed by atoms with E-state index in [0.717, 1.165) is 17.7 Å². The number of rotatable bonds is 7. The van der Waals surface area contributed by atoms with Crippen molar-refractivity contribution in [1.29, 1.82) is 0 Å². The fourth-order valence-corrected chi connectivity index (χ4v) is 4.10. The first-order valence-corrected chi connectivity index (χ1v) is 10.3. The van der Waals surface area contributed by atoms with Crippen molar-refractivity contribution in [1.82, 2.24) is 14.6 Å². The highest BCUT2D eigenvalue weighted by Crippen LogP contribution is 2.25. The summed E-state index contributed by atoms with van der Waals surface area (Å²) in [5, 5.41) is 0.0813. The monoisotopic (exact) mass is 389 g/mol. The molecule has 0 aliphatic rings. The van der Waals surface area contributed by atoms with Crippen LogP contribution >= 0.6 is 0 Å². The van der Waals surface area contributed by atoms with Crippen molar-refractivity contribution < 1.29 is 12.8 Å². The third-order valence-electron chi connectivity index (χ3n) is 4.78. The first-order valence-electron chi connectivity index (χ1n) is 8.82. The molecule has 0 aliphatic carbocycles. The summed E-state index contributed by atoms with van der Waals surface area (Å²) >= 11 is 0. The van der Waals surface area contributed by atoms with Gasteiger partial charge in [-0.05, 0) is 44.2 Å². The van der Waals surface area contributed by atoms with E-state index in [1.807, 2.05) is 31.3 Å². The Labute approximate surface area is 159 Å². The molecule has 5 nitrogen and oxygen atoms in total. The van der Waals surface area contributed by atoms with E-state index in [1.165, 1.54) is 12.3 Å². The minimum Gasteiger partial charge on any atom is -0.360 e. The van der Waals surface area contributed by atoms with Crippen molar-refractivity contribution in [2.75, 3.05) is 7.05 Å². The number of aromatic nitrogens is 1. The zero-order valence-electron chi connectivity index (χ0n) is 15.7. The van der Waals surface area contributed by atoms with Crippen LogP contribution in [0.1, 0.15) is 25.0 Å². The lowest BCUT2D eigenvalue weighted by Crippen LogP contribution is -2.27. The van der Waals surface area contributed by atoms with Crippen molar-refractivity contribution >= 4 is 20.9 Å². The maximum absolute atomic E-state index is 14.1. The van der Waals surface area contributed by atoms with Crippen LogP contribution in [0, 0.1) is 5.82 Å². The molecular weight excluding hydrogens is 365 g/mol. The van der Waals surface area contributed by atoms with Crippen LogP contribution in [0.25, 0.3) is 10.9 Å². The second-order valence-electron chi connectivity index (χ2n) is 6.92. The van der Waals surface area contributed by atoms with Gasteiger partial charge in [0.1, 0.15) is 10.7 Å². The van der Waals surface area contributed by atoms with Crippen LogP contribution in [0.4, 0.5) is 4.39 Å². The Kier molecular flexibility index (Phi) is 5.64. The molecule has 3 rings (SSSR count). The Morgan fingerprint density at radius 2 is 1.81 bits per heavy atom. The Hall–Kier alpha value is -2.22. The van der Waals surface area contributed by atoms with Crippen LogP contribution in [0.3, 0.4) is 0 Å². The summed E-state index contributed by atoms with van der Waals surface area (Å²) in [7, 11) is -1.83. The van der Waals surface area contributed by atoms with Gasteiger partial charge in [0, 0.05) is 30.8 Å². The lowest BCUT2D eigenvalue weighted by atomic mass is 10.1. The minimum absolute atomic E-state index is 0.0765. The van der Waals surface area contributed by atoms with E-state index in [-0.39, 0.29) is 16.8 Å². The van der Waals surface area contributed by atoms with Gasteiger partial charge >= 0.3 is 0 Å². The number of hydrogen-bond donors (Lipinski definition) is 2. The number of aromatic amines is 1. The normalized spacial score (nSPS) is 12.4. The SMILES string of the molecule is CC(C)N(C)Cc1ccccc1CNS(=O)(=O)c1c[nH]c2cccc(F)c12. The van der Waals surface area contributed by atoms with Crippen LogP contribution in [0.15, 0.2) is 53.6 Å². The van der Waals surface area contributed by atoms with Crippen molar-refractivity contribution in [3.8, 4) is 0 Å². The van der Waals surface area contributed by atoms with Gasteiger partial charge in [-0.2, -0.15) is 0 Å². The van der Waals surface area contributed by atoms with E-state index in [4.69, 9.17) is 0 Å². The number of nitrogens with one attached hydrogen (secondary N) is 2. The molecule has 3 aromatic rings. The maximum atomic E-state index is 14.1. The fourth-order valence-electron chi connectivity index (χ4n) is 2.91. The van der Waals surface area contributed by atoms with E-state index in [0.29, 0.717) is 11.6 Å². The van der Waals surface area contributed by atoms with E-state index < -0.39 is 15.8 Å². The average molecular weight is 389 g/mol. The predicted molar refractivity (Wildman–Crippen MR) is 105 cm³/mol. The van der Waals surface area contributed by atoms with Gasteiger partial charge in [0.15, 0.2) is 0 Å². The average Bonchev–Trinajstić information content (AvgIpc) is 3.07. The third kappa shape index (κ3) is 4.21. The highest BCUT2D eigenvalue weighted by Gasteiger charge is 2.21. The fraction of sp³-hybridized carbons (Fsp3) is 0.300. The molecule has 27 heavy (non-hydrogen) atoms. The van der Waals surface area contributed by atoms with Crippen molar-refractivity contribution in [3.63, 3.8) is 0 Å². The van der Waals surface area contributed by atoms with Gasteiger partial charge in [0.25, 0.3) is 0 Å². The van der Waals surface area contributed by atoms with E-state index in [1.54, 1.807) is 12.1 Å². The highest BCUT2D eigenvalue weighted by molar-refractivity contribution is 7.89. The molecule has 0 saturated carbocycles. The van der Waals surface area contributed by atoms with Crippen LogP contribution in [-0.4, -0.2) is 31.4 Å². The summed E-state index contributed by atoms with van der Waals surface area (Å²) in [4.78, 5) is 4.92. The van der Waals surface area contributed by atoms with Gasteiger partial charge in [0.2, 0.25) is 10.0 Å². The number of fused-ring (bicyclic) bond motifs is 1. The maximum Gasteiger partial charge on any atom is 0.243 e. The zero-order valence-corrected chi connectivity index (χ0v) is 16.5. The number of nitrogens with zero attached hydrogens (tertiary/aromatic N) is 1. The topological polar surface area (TPSA) is 65.2 Å². The molecule has 0 radical (unpaired) electrons. The summed E-state index contributed by atoms with van der Waals surface area (Å²) in [6.45, 7) is 5.08. The number of hydrogen-bond acceptors (Lipinski definition) is 3. The molecule has 7 heteroatoms. The van der Waals surface area contributed by atoms with Gasteiger partial charge in [0.05, 0.1) is 5.39 Å². The zero-order chi connectivity index (χ0) is 19.6. The van der Waals surface area contributed by atoms with Gasteiger partial charge in [-0.3, -0.25) is 4.90 Å². The Morgan fingerprint density at radius 1 is 1.11 bits per heavy atom. The van der Waals surface area contributed by atoms with Gasteiger partial charge in [-0.15, -0.1) is 0 Å². The smallest absolute Gasteiger partial charge is 0.243 e. The Bertz CT molecular complexity index is 1040. The van der Waals surface area contributed by atoms with Crippen LogP contribution in [0.2, 0.25) is 0 Å². The van der Waals surface area contributed by atoms with Crippen LogP contribution in [0.5, 0.6) is 0 Å². The molecule has 0 amide bonds. The molecule has 0 bridgehead atoms. The molecule has 0 atom stereocenters. The van der Waals surface area contributed by atoms with E-state index in [9.17, 15) is 12.8 Å². The van der Waals surface area contributed by atoms with Gasteiger partial charge in [-0.25, -0.2) is 17.5 Å². The van der Waals surface area contributed by atoms with Gasteiger partial charge in [-0.1, -0.05) is 30.3 Å². The number of benzene rings is 2. The minimum atomic E-state index is -3.86. The van der Waals surface area contributed by atoms with Crippen molar-refractivity contribution in [3.05, 3.63) is 65.6 Å². The summed E-state index contributed by atoms with van der Waals surface area (Å²) < 4.78 is 42.3. The van der Waals surface area contributed by atoms with E-state index in [2.05, 4.69) is 28.5 Å². The lowest BCUT2D eigenvalue weighted by Gasteiger charge is -2.22. The quantitative estimate of drug-likeness (QED) is 0.649. The molecule has 1 heterocycles. The Morgan fingerprint density at radius 3 is 2.52 bits per heavy atom. The Balaban J connectivity index is 1.84. The molecular formula is C20H24FN3O2S. The number of sulfonamides is 1. The first-order chi connectivity index (χ1) is 12.8. The number of halogens is 1. The summed E-state index contributed by atoms with van der Waals surface area (Å²) in [5.41, 5.74) is 2.41. The molecule has 0 saturated heterocycles. The molecule has 2 N–H and O–H groups in total. The molecule has 0 fully saturated rings. The second-order valence-corrected chi connectivity index (χ2v) is 8.65. The van der Waals surface area contributed by atoms with Crippen molar-refractivity contribution in [2.24, 2.45) is 0 Å². The van der Waals surface area contributed by atoms with Gasteiger partial charge < -0.3 is 4.98 Å². The molecule has 0 spiro atoms. The summed E-state index contributed by atoms with van der Waals surface area (Å²) in [6, 6.07) is 12.5. The molecule has 2 aromatic carbocycles. The summed E-state index contributed by atoms with van der Waals surface area (Å²) in [6.07, 6.45) is 1.33. The lowest BCUT2D eigenvalue weighted by molar-refractivity contribution is 0.265. The summed E-state index contributed by atoms with van der Waals surface area (Å²) in [5.74, 6) is -0.562. The standard InChI is InChI=1S/C20H24FN3O2S/c1-14(2)24(3)13-16-8-5-4-7-15(16)11-23-27(25,26)19-12-22-18-10-6-9-17(21)20(18)19/h4-10,12,14,22-23H,11,13H2,1-3H3. The third-order valence-corrected chi connectivity index (χ3v) is 6.21. The second kappa shape index (κ2) is 7.80. The highest BCUT2D eigenvalue weighted by atomic mass is 32.2. The molecule has 0 unspecified atom stereocenters. The first kappa shape index (κ1) is 19.5. The molecule has 144 valence electrons.